The van der Waals surface area contributed by atoms with Crippen molar-refractivity contribution in [1.82, 2.24) is 0 Å². The van der Waals surface area contributed by atoms with E-state index in [2.05, 4.69) is 140 Å². The lowest BCUT2D eigenvalue weighted by Crippen LogP contribution is -2.17. The highest BCUT2D eigenvalue weighted by Gasteiger charge is 2.25. The lowest BCUT2D eigenvalue weighted by atomic mass is 9.81. The topological polar surface area (TPSA) is 63.9 Å². The van der Waals surface area contributed by atoms with Gasteiger partial charge in [-0.05, 0) is 74.5 Å². The first-order chi connectivity index (χ1) is 24.2. The zero-order chi connectivity index (χ0) is 32.7. The second-order valence-electron chi connectivity index (χ2n) is 13.0. The number of fused-ring (bicyclic) bond motifs is 7. The van der Waals surface area contributed by atoms with E-state index in [0.29, 0.717) is 24.1 Å². The van der Waals surface area contributed by atoms with Crippen LogP contribution >= 0.6 is 0 Å². The zero-order valence-electron chi connectivity index (χ0n) is 27.1. The van der Waals surface area contributed by atoms with Crippen molar-refractivity contribution < 1.29 is 4.42 Å². The fraction of sp³-hybridized carbons (Fsp3) is 0.111. The molecule has 1 unspecified atom stereocenters. The summed E-state index contributed by atoms with van der Waals surface area (Å²) in [4.78, 5) is 10.2. The molecule has 0 radical (unpaired) electrons. The molecule has 236 valence electrons. The van der Waals surface area contributed by atoms with Gasteiger partial charge in [0.05, 0.1) is 6.54 Å². The van der Waals surface area contributed by atoms with Crippen LogP contribution in [0.2, 0.25) is 0 Å². The molecule has 7 aromatic rings. The van der Waals surface area contributed by atoms with E-state index >= 15 is 0 Å². The van der Waals surface area contributed by atoms with Crippen molar-refractivity contribution in [1.29, 1.82) is 0 Å². The second-order valence-corrected chi connectivity index (χ2v) is 13.0. The lowest BCUT2D eigenvalue weighted by molar-refractivity contribution is 0.543. The van der Waals surface area contributed by atoms with Crippen LogP contribution in [0.5, 0.6) is 0 Å². The van der Waals surface area contributed by atoms with Crippen molar-refractivity contribution in [3.8, 4) is 0 Å². The quantitative estimate of drug-likeness (QED) is 0.116. The molecule has 1 heterocycles. The molecule has 0 bridgehead atoms. The van der Waals surface area contributed by atoms with Gasteiger partial charge in [0.25, 0.3) is 0 Å². The van der Waals surface area contributed by atoms with Crippen molar-refractivity contribution in [2.24, 2.45) is 21.6 Å². The predicted octanol–water partition coefficient (Wildman–Crippen LogP) is 10.6. The summed E-state index contributed by atoms with van der Waals surface area (Å²) in [6, 6.07) is 42.2. The molecule has 0 spiro atoms. The van der Waals surface area contributed by atoms with E-state index in [1.807, 2.05) is 6.07 Å². The number of amidine groups is 2. The van der Waals surface area contributed by atoms with Crippen LogP contribution < -0.4 is 5.73 Å². The van der Waals surface area contributed by atoms with Gasteiger partial charge in [-0.1, -0.05) is 127 Å². The molecule has 4 nitrogen and oxygen atoms in total. The standard InChI is InChI=1S/C45H35N3O/c46-44(40-27-33-12-3-4-13-35(33)37-14-5-6-15-38(37)40)48-45(34-25-24-30-10-1-2-11-32(30)26-34)47-28-29-20-22-31(23-21-29)36-17-9-19-42-43(36)39-16-7-8-18-41(39)49-42/h1-8,10-18,20-22,24-27,31H,9,19,23,28H2,(H2,46,47,48). The first-order valence-electron chi connectivity index (χ1n) is 17.1. The number of aryl methyl sites for hydroxylation is 1. The zero-order valence-corrected chi connectivity index (χ0v) is 27.1. The first-order valence-corrected chi connectivity index (χ1v) is 17.1. The minimum atomic E-state index is 0.308. The SMILES string of the molecule is N/C(=N\C(=N/CC1=CCC(C2=CCCc3oc4ccccc4c32)C=C1)c1ccc2ccccc2c1)c1cc2ccccc2c2ccccc12. The Labute approximate surface area is 285 Å². The number of furan rings is 1. The maximum absolute atomic E-state index is 6.91. The molecular weight excluding hydrogens is 599 g/mol. The highest BCUT2D eigenvalue weighted by molar-refractivity contribution is 6.21. The number of rotatable bonds is 5. The van der Waals surface area contributed by atoms with Crippen molar-refractivity contribution in [3.05, 3.63) is 174 Å². The molecule has 1 aromatic heterocycles. The number of allylic oxidation sites excluding steroid dienone is 4. The average Bonchev–Trinajstić information content (AvgIpc) is 3.55. The number of nitrogens with zero attached hydrogens (tertiary/aromatic N) is 2. The van der Waals surface area contributed by atoms with Gasteiger partial charge in [-0.2, -0.15) is 0 Å². The Bertz CT molecular complexity index is 2580. The summed E-state index contributed by atoms with van der Waals surface area (Å²) in [6.45, 7) is 0.513. The molecule has 49 heavy (non-hydrogen) atoms. The molecule has 0 amide bonds. The third-order valence-corrected chi connectivity index (χ3v) is 9.96. The average molecular weight is 634 g/mol. The number of hydrogen-bond donors (Lipinski definition) is 1. The van der Waals surface area contributed by atoms with E-state index < -0.39 is 0 Å². The fourth-order valence-corrected chi connectivity index (χ4v) is 7.53. The number of hydrogen-bond acceptors (Lipinski definition) is 2. The van der Waals surface area contributed by atoms with Crippen LogP contribution in [0, 0.1) is 5.92 Å². The molecule has 0 fully saturated rings. The lowest BCUT2D eigenvalue weighted by Gasteiger charge is -2.22. The molecule has 9 rings (SSSR count). The molecule has 0 saturated heterocycles. The number of para-hydroxylation sites is 1. The molecular formula is C45H35N3O. The van der Waals surface area contributed by atoms with Crippen molar-refractivity contribution >= 4 is 60.5 Å². The Hall–Kier alpha value is -6.00. The normalized spacial score (nSPS) is 16.7. The molecule has 6 aromatic carbocycles. The summed E-state index contributed by atoms with van der Waals surface area (Å²) < 4.78 is 6.25. The summed E-state index contributed by atoms with van der Waals surface area (Å²) in [7, 11) is 0. The van der Waals surface area contributed by atoms with Crippen LogP contribution in [-0.2, 0) is 6.42 Å². The van der Waals surface area contributed by atoms with Gasteiger partial charge in [0, 0.05) is 34.4 Å². The number of aliphatic imine (C=N–C) groups is 2. The van der Waals surface area contributed by atoms with Gasteiger partial charge in [0.15, 0.2) is 5.84 Å². The van der Waals surface area contributed by atoms with E-state index in [0.717, 1.165) is 63.3 Å². The number of nitrogens with two attached hydrogens (primary N) is 1. The highest BCUT2D eigenvalue weighted by Crippen LogP contribution is 2.41. The fourth-order valence-electron chi connectivity index (χ4n) is 7.53. The van der Waals surface area contributed by atoms with Gasteiger partial charge >= 0.3 is 0 Å². The Balaban J connectivity index is 1.06. The third kappa shape index (κ3) is 5.36. The summed E-state index contributed by atoms with van der Waals surface area (Å²) in [5.74, 6) is 2.50. The molecule has 0 saturated carbocycles. The Morgan fingerprint density at radius 2 is 1.45 bits per heavy atom. The molecule has 2 aliphatic rings. The van der Waals surface area contributed by atoms with Crippen molar-refractivity contribution in [3.63, 3.8) is 0 Å². The molecule has 2 N–H and O–H groups in total. The van der Waals surface area contributed by atoms with Crippen LogP contribution in [0.1, 0.15) is 35.3 Å². The van der Waals surface area contributed by atoms with Crippen LogP contribution in [-0.4, -0.2) is 18.2 Å². The maximum atomic E-state index is 6.91. The summed E-state index contributed by atoms with van der Waals surface area (Å²) in [5.41, 5.74) is 13.6. The van der Waals surface area contributed by atoms with Gasteiger partial charge < -0.3 is 10.2 Å². The van der Waals surface area contributed by atoms with Gasteiger partial charge in [0.1, 0.15) is 17.2 Å². The van der Waals surface area contributed by atoms with Crippen molar-refractivity contribution in [2.75, 3.05) is 6.54 Å². The van der Waals surface area contributed by atoms with Gasteiger partial charge in [0.2, 0.25) is 0 Å². The third-order valence-electron chi connectivity index (χ3n) is 9.96. The monoisotopic (exact) mass is 633 g/mol. The maximum Gasteiger partial charge on any atom is 0.157 e. The van der Waals surface area contributed by atoms with Crippen LogP contribution in [0.3, 0.4) is 0 Å². The molecule has 4 heteroatoms. The van der Waals surface area contributed by atoms with Crippen LogP contribution in [0.4, 0.5) is 0 Å². The van der Waals surface area contributed by atoms with Gasteiger partial charge in [-0.3, -0.25) is 4.99 Å². The minimum Gasteiger partial charge on any atom is -0.460 e. The minimum absolute atomic E-state index is 0.308. The van der Waals surface area contributed by atoms with Crippen molar-refractivity contribution in [2.45, 2.75) is 19.3 Å². The van der Waals surface area contributed by atoms with Crippen LogP contribution in [0.15, 0.2) is 166 Å². The largest absolute Gasteiger partial charge is 0.460 e. The Morgan fingerprint density at radius 1 is 0.714 bits per heavy atom. The van der Waals surface area contributed by atoms with E-state index in [1.165, 1.54) is 32.9 Å². The van der Waals surface area contributed by atoms with Gasteiger partial charge in [-0.25, -0.2) is 4.99 Å². The number of benzene rings is 6. The second kappa shape index (κ2) is 12.2. The van der Waals surface area contributed by atoms with E-state index in [9.17, 15) is 0 Å². The molecule has 0 aliphatic heterocycles. The molecule has 2 aliphatic carbocycles. The van der Waals surface area contributed by atoms with E-state index in [1.54, 1.807) is 0 Å². The Morgan fingerprint density at radius 3 is 2.29 bits per heavy atom. The van der Waals surface area contributed by atoms with E-state index in [4.69, 9.17) is 20.1 Å². The highest BCUT2D eigenvalue weighted by atomic mass is 16.3. The molecule has 1 atom stereocenters. The van der Waals surface area contributed by atoms with Crippen LogP contribution in [0.25, 0.3) is 48.9 Å². The van der Waals surface area contributed by atoms with E-state index in [-0.39, 0.29) is 0 Å². The van der Waals surface area contributed by atoms with Gasteiger partial charge in [-0.15, -0.1) is 0 Å². The summed E-state index contributed by atoms with van der Waals surface area (Å²) in [5, 5.41) is 8.11. The Kier molecular flexibility index (Phi) is 7.27. The first kappa shape index (κ1) is 29.2. The summed E-state index contributed by atoms with van der Waals surface area (Å²) >= 11 is 0. The predicted molar refractivity (Wildman–Crippen MR) is 205 cm³/mol. The smallest absolute Gasteiger partial charge is 0.157 e. The summed E-state index contributed by atoms with van der Waals surface area (Å²) in [6.07, 6.45) is 12.2.